The minimum Gasteiger partial charge on any atom is -0.507 e. The summed E-state index contributed by atoms with van der Waals surface area (Å²) >= 11 is 0. The highest BCUT2D eigenvalue weighted by atomic mass is 19.1. The van der Waals surface area contributed by atoms with Crippen LogP contribution >= 0.6 is 0 Å². The van der Waals surface area contributed by atoms with Crippen LogP contribution in [0.2, 0.25) is 0 Å². The topological polar surface area (TPSA) is 57.6 Å². The lowest BCUT2D eigenvalue weighted by Crippen LogP contribution is -2.29. The third kappa shape index (κ3) is 4.76. The molecule has 1 aliphatic rings. The fourth-order valence-electron chi connectivity index (χ4n) is 4.51. The van der Waals surface area contributed by atoms with Gasteiger partial charge in [0, 0.05) is 12.1 Å². The monoisotopic (exact) mass is 471 g/mol. The highest BCUT2D eigenvalue weighted by Crippen LogP contribution is 2.41. The molecule has 1 heterocycles. The number of Topliss-reactive ketones (excluding diaryl/α,β-unsaturated/α-hetero) is 1. The number of hydrogen-bond donors (Lipinski definition) is 1. The molecule has 1 amide bonds. The summed E-state index contributed by atoms with van der Waals surface area (Å²) in [5, 5.41) is 11.5. The van der Waals surface area contributed by atoms with Crippen molar-refractivity contribution in [3.8, 4) is 0 Å². The highest BCUT2D eigenvalue weighted by Gasteiger charge is 2.46. The Hall–Kier alpha value is -3.73. The number of nitrogens with zero attached hydrogens (tertiary/aromatic N) is 1. The largest absolute Gasteiger partial charge is 0.507 e. The van der Waals surface area contributed by atoms with Gasteiger partial charge in [-0.3, -0.25) is 9.59 Å². The number of aliphatic hydroxyl groups is 1. The molecule has 5 heteroatoms. The van der Waals surface area contributed by atoms with Gasteiger partial charge in [-0.15, -0.1) is 0 Å². The van der Waals surface area contributed by atoms with Crippen molar-refractivity contribution >= 4 is 17.4 Å². The van der Waals surface area contributed by atoms with Gasteiger partial charge in [0.05, 0.1) is 11.6 Å². The van der Waals surface area contributed by atoms with Crippen LogP contribution < -0.4 is 0 Å². The number of benzene rings is 3. The third-order valence-corrected chi connectivity index (χ3v) is 6.52. The molecule has 3 aromatic carbocycles. The Bertz CT molecular complexity index is 1330. The molecular formula is C30H30FNO3. The number of ketones is 1. The van der Waals surface area contributed by atoms with Crippen LogP contribution in [-0.2, 0) is 21.5 Å². The van der Waals surface area contributed by atoms with Gasteiger partial charge in [-0.2, -0.15) is 0 Å². The van der Waals surface area contributed by atoms with E-state index < -0.39 is 17.7 Å². The summed E-state index contributed by atoms with van der Waals surface area (Å²) in [4.78, 5) is 28.1. The molecule has 35 heavy (non-hydrogen) atoms. The number of halogens is 1. The van der Waals surface area contributed by atoms with E-state index in [-0.39, 0.29) is 29.1 Å². The first-order valence-electron chi connectivity index (χ1n) is 11.7. The number of amides is 1. The summed E-state index contributed by atoms with van der Waals surface area (Å²) in [7, 11) is 0. The van der Waals surface area contributed by atoms with E-state index in [0.29, 0.717) is 11.1 Å². The van der Waals surface area contributed by atoms with Crippen molar-refractivity contribution in [2.45, 2.75) is 52.6 Å². The van der Waals surface area contributed by atoms with Crippen LogP contribution in [0.15, 0.2) is 72.3 Å². The SMILES string of the molecule is Cc1cccc(C2/C(=C(\O)c3cc(C(C)(C)C)ccc3C)C(=O)C(=O)N2Cc2ccc(F)cc2)c1. The molecule has 1 unspecified atom stereocenters. The lowest BCUT2D eigenvalue weighted by atomic mass is 9.84. The van der Waals surface area contributed by atoms with Gasteiger partial charge in [0.25, 0.3) is 11.7 Å². The minimum atomic E-state index is -0.766. The molecule has 1 aliphatic heterocycles. The molecule has 4 nitrogen and oxygen atoms in total. The number of aliphatic hydroxyl groups excluding tert-OH is 1. The molecule has 0 bridgehead atoms. The van der Waals surface area contributed by atoms with Crippen LogP contribution in [-0.4, -0.2) is 21.7 Å². The maximum Gasteiger partial charge on any atom is 0.295 e. The van der Waals surface area contributed by atoms with Crippen molar-refractivity contribution in [1.82, 2.24) is 4.90 Å². The van der Waals surface area contributed by atoms with Crippen LogP contribution in [0.1, 0.15) is 60.2 Å². The molecule has 0 saturated carbocycles. The normalized spacial score (nSPS) is 17.8. The number of aryl methyl sites for hydroxylation is 2. The molecule has 0 radical (unpaired) electrons. The average molecular weight is 472 g/mol. The van der Waals surface area contributed by atoms with Gasteiger partial charge in [0.2, 0.25) is 0 Å². The lowest BCUT2D eigenvalue weighted by Gasteiger charge is -2.26. The first kappa shape index (κ1) is 24.4. The molecule has 0 spiro atoms. The van der Waals surface area contributed by atoms with Crippen molar-refractivity contribution < 1.29 is 19.1 Å². The van der Waals surface area contributed by atoms with E-state index >= 15 is 0 Å². The molecule has 1 atom stereocenters. The highest BCUT2D eigenvalue weighted by molar-refractivity contribution is 6.46. The first-order valence-corrected chi connectivity index (χ1v) is 11.7. The molecule has 1 N–H and O–H groups in total. The number of carbonyl (C=O) groups excluding carboxylic acids is 2. The van der Waals surface area contributed by atoms with E-state index in [2.05, 4.69) is 20.8 Å². The predicted molar refractivity (Wildman–Crippen MR) is 135 cm³/mol. The minimum absolute atomic E-state index is 0.0665. The number of carbonyl (C=O) groups is 2. The molecule has 1 saturated heterocycles. The summed E-state index contributed by atoms with van der Waals surface area (Å²) < 4.78 is 13.5. The zero-order valence-corrected chi connectivity index (χ0v) is 20.7. The van der Waals surface area contributed by atoms with Crippen molar-refractivity contribution in [3.05, 3.63) is 112 Å². The molecule has 1 fully saturated rings. The second kappa shape index (κ2) is 9.14. The van der Waals surface area contributed by atoms with Gasteiger partial charge in [0.15, 0.2) is 0 Å². The van der Waals surface area contributed by atoms with Crippen LogP contribution in [0, 0.1) is 19.7 Å². The van der Waals surface area contributed by atoms with Crippen molar-refractivity contribution in [2.75, 3.05) is 0 Å². The van der Waals surface area contributed by atoms with Gasteiger partial charge < -0.3 is 10.0 Å². The molecule has 180 valence electrons. The van der Waals surface area contributed by atoms with Gasteiger partial charge in [-0.05, 0) is 59.7 Å². The summed E-state index contributed by atoms with van der Waals surface area (Å²) in [5.41, 5.74) is 4.66. The fraction of sp³-hybridized carbons (Fsp3) is 0.267. The van der Waals surface area contributed by atoms with E-state index in [0.717, 1.165) is 22.3 Å². The van der Waals surface area contributed by atoms with Crippen molar-refractivity contribution in [1.29, 1.82) is 0 Å². The summed E-state index contributed by atoms with van der Waals surface area (Å²) in [6.07, 6.45) is 0. The molecule has 0 aliphatic carbocycles. The van der Waals surface area contributed by atoms with Crippen LogP contribution in [0.3, 0.4) is 0 Å². The smallest absolute Gasteiger partial charge is 0.295 e. The molecular weight excluding hydrogens is 441 g/mol. The number of likely N-dealkylation sites (tertiary alicyclic amines) is 1. The van der Waals surface area contributed by atoms with Gasteiger partial charge >= 0.3 is 0 Å². The van der Waals surface area contributed by atoms with Crippen LogP contribution in [0.4, 0.5) is 4.39 Å². The van der Waals surface area contributed by atoms with E-state index in [9.17, 15) is 19.1 Å². The number of hydrogen-bond acceptors (Lipinski definition) is 3. The molecule has 3 aromatic rings. The van der Waals surface area contributed by atoms with E-state index in [1.165, 1.54) is 17.0 Å². The predicted octanol–water partition coefficient (Wildman–Crippen LogP) is 6.36. The number of rotatable bonds is 4. The first-order chi connectivity index (χ1) is 16.5. The summed E-state index contributed by atoms with van der Waals surface area (Å²) in [6, 6.07) is 18.5. The maximum absolute atomic E-state index is 13.5. The van der Waals surface area contributed by atoms with Gasteiger partial charge in [-0.25, -0.2) is 4.39 Å². The second-order valence-electron chi connectivity index (χ2n) is 10.2. The summed E-state index contributed by atoms with van der Waals surface area (Å²) in [6.45, 7) is 10.2. The molecule has 4 rings (SSSR count). The summed E-state index contributed by atoms with van der Waals surface area (Å²) in [5.74, 6) is -1.97. The van der Waals surface area contributed by atoms with Crippen LogP contribution in [0.25, 0.3) is 5.76 Å². The third-order valence-electron chi connectivity index (χ3n) is 6.52. The Morgan fingerprint density at radius 3 is 2.29 bits per heavy atom. The Labute approximate surface area is 205 Å². The van der Waals surface area contributed by atoms with Gasteiger partial charge in [-0.1, -0.05) is 74.9 Å². The van der Waals surface area contributed by atoms with Gasteiger partial charge in [0.1, 0.15) is 11.6 Å². The Balaban J connectivity index is 1.91. The quantitative estimate of drug-likeness (QED) is 0.274. The molecule has 0 aromatic heterocycles. The Morgan fingerprint density at radius 1 is 0.971 bits per heavy atom. The second-order valence-corrected chi connectivity index (χ2v) is 10.2. The van der Waals surface area contributed by atoms with Crippen LogP contribution in [0.5, 0.6) is 0 Å². The fourth-order valence-corrected chi connectivity index (χ4v) is 4.51. The van der Waals surface area contributed by atoms with Crippen molar-refractivity contribution in [2.24, 2.45) is 0 Å². The lowest BCUT2D eigenvalue weighted by molar-refractivity contribution is -0.140. The van der Waals surface area contributed by atoms with Crippen molar-refractivity contribution in [3.63, 3.8) is 0 Å². The maximum atomic E-state index is 13.5. The van der Waals surface area contributed by atoms with E-state index in [1.54, 1.807) is 12.1 Å². The van der Waals surface area contributed by atoms with E-state index in [4.69, 9.17) is 0 Å². The standard InChI is InChI=1S/C30H30FNO3/c1-18-7-6-8-21(15-18)26-25(27(33)24-16-22(30(3,4)5)12-9-19(24)2)28(34)29(35)32(26)17-20-10-13-23(31)14-11-20/h6-16,26,33H,17H2,1-5H3/b27-25+. The Kier molecular flexibility index (Phi) is 6.37. The Morgan fingerprint density at radius 2 is 1.66 bits per heavy atom. The average Bonchev–Trinajstić information content (AvgIpc) is 3.04. The zero-order chi connectivity index (χ0) is 25.5. The van der Waals surface area contributed by atoms with E-state index in [1.807, 2.05) is 56.3 Å². The zero-order valence-electron chi connectivity index (χ0n) is 20.7.